The lowest BCUT2D eigenvalue weighted by Gasteiger charge is -2.28. The van der Waals surface area contributed by atoms with Crippen LogP contribution in [0.25, 0.3) is 0 Å². The van der Waals surface area contributed by atoms with E-state index in [4.69, 9.17) is 0 Å². The van der Waals surface area contributed by atoms with Gasteiger partial charge in [-0.3, -0.25) is 9.97 Å². The molecule has 2 rings (SSSR count). The van der Waals surface area contributed by atoms with Crippen molar-refractivity contribution in [3.63, 3.8) is 0 Å². The second kappa shape index (κ2) is 6.83. The molecular formula is C15H25N3. The van der Waals surface area contributed by atoms with E-state index >= 15 is 0 Å². The van der Waals surface area contributed by atoms with E-state index in [2.05, 4.69) is 29.1 Å². The van der Waals surface area contributed by atoms with E-state index in [-0.39, 0.29) is 0 Å². The third kappa shape index (κ3) is 3.77. The SMILES string of the molecule is CCC1CCC(CNC(C)c2cnccn2)CC1. The summed E-state index contributed by atoms with van der Waals surface area (Å²) in [6.07, 6.45) is 12.3. The summed E-state index contributed by atoms with van der Waals surface area (Å²) >= 11 is 0. The van der Waals surface area contributed by atoms with Crippen LogP contribution in [-0.4, -0.2) is 16.5 Å². The Labute approximate surface area is 110 Å². The molecule has 100 valence electrons. The first kappa shape index (κ1) is 13.5. The van der Waals surface area contributed by atoms with Gasteiger partial charge < -0.3 is 5.32 Å². The zero-order chi connectivity index (χ0) is 12.8. The minimum Gasteiger partial charge on any atom is -0.309 e. The summed E-state index contributed by atoms with van der Waals surface area (Å²) in [5.41, 5.74) is 1.04. The number of nitrogens with one attached hydrogen (secondary N) is 1. The van der Waals surface area contributed by atoms with Crippen LogP contribution in [0.2, 0.25) is 0 Å². The number of nitrogens with zero attached hydrogens (tertiary/aromatic N) is 2. The van der Waals surface area contributed by atoms with Gasteiger partial charge in [0, 0.05) is 24.6 Å². The smallest absolute Gasteiger partial charge is 0.0753 e. The van der Waals surface area contributed by atoms with Crippen molar-refractivity contribution in [1.82, 2.24) is 15.3 Å². The molecule has 1 aromatic heterocycles. The van der Waals surface area contributed by atoms with Crippen molar-refractivity contribution >= 4 is 0 Å². The van der Waals surface area contributed by atoms with Crippen LogP contribution in [-0.2, 0) is 0 Å². The number of hydrogen-bond acceptors (Lipinski definition) is 3. The second-order valence-corrected chi connectivity index (χ2v) is 5.56. The van der Waals surface area contributed by atoms with Gasteiger partial charge in [0.25, 0.3) is 0 Å². The Morgan fingerprint density at radius 1 is 1.22 bits per heavy atom. The Bertz CT molecular complexity index is 331. The van der Waals surface area contributed by atoms with E-state index < -0.39 is 0 Å². The number of rotatable bonds is 5. The highest BCUT2D eigenvalue weighted by Crippen LogP contribution is 2.30. The normalized spacial score (nSPS) is 25.9. The Balaban J connectivity index is 1.72. The highest BCUT2D eigenvalue weighted by Gasteiger charge is 2.20. The molecule has 1 unspecified atom stereocenters. The quantitative estimate of drug-likeness (QED) is 0.867. The molecule has 1 aromatic rings. The van der Waals surface area contributed by atoms with Gasteiger partial charge in [0.1, 0.15) is 0 Å². The minimum absolute atomic E-state index is 0.308. The molecule has 0 aromatic carbocycles. The molecule has 1 aliphatic carbocycles. The van der Waals surface area contributed by atoms with Crippen LogP contribution in [0.15, 0.2) is 18.6 Å². The van der Waals surface area contributed by atoms with Gasteiger partial charge in [-0.1, -0.05) is 26.2 Å². The average molecular weight is 247 g/mol. The maximum absolute atomic E-state index is 4.34. The van der Waals surface area contributed by atoms with E-state index in [1.165, 1.54) is 32.1 Å². The number of aromatic nitrogens is 2. The van der Waals surface area contributed by atoms with Gasteiger partial charge in [0.05, 0.1) is 5.69 Å². The molecule has 1 aliphatic rings. The summed E-state index contributed by atoms with van der Waals surface area (Å²) in [7, 11) is 0. The molecule has 1 heterocycles. The van der Waals surface area contributed by atoms with E-state index in [9.17, 15) is 0 Å². The molecule has 0 amide bonds. The first-order chi connectivity index (χ1) is 8.79. The Morgan fingerprint density at radius 2 is 1.94 bits per heavy atom. The van der Waals surface area contributed by atoms with Gasteiger partial charge in [0.15, 0.2) is 0 Å². The molecule has 18 heavy (non-hydrogen) atoms. The monoisotopic (exact) mass is 247 g/mol. The van der Waals surface area contributed by atoms with Crippen molar-refractivity contribution in [2.24, 2.45) is 11.8 Å². The van der Waals surface area contributed by atoms with Crippen molar-refractivity contribution in [3.8, 4) is 0 Å². The first-order valence-corrected chi connectivity index (χ1v) is 7.29. The maximum Gasteiger partial charge on any atom is 0.0753 e. The Kier molecular flexibility index (Phi) is 5.12. The molecule has 1 fully saturated rings. The Morgan fingerprint density at radius 3 is 2.56 bits per heavy atom. The number of hydrogen-bond donors (Lipinski definition) is 1. The molecular weight excluding hydrogens is 222 g/mol. The zero-order valence-electron chi connectivity index (χ0n) is 11.6. The van der Waals surface area contributed by atoms with Crippen LogP contribution in [0, 0.1) is 11.8 Å². The van der Waals surface area contributed by atoms with E-state index in [1.54, 1.807) is 12.4 Å². The van der Waals surface area contributed by atoms with Gasteiger partial charge >= 0.3 is 0 Å². The molecule has 3 heteroatoms. The van der Waals surface area contributed by atoms with Crippen LogP contribution in [0.1, 0.15) is 57.7 Å². The van der Waals surface area contributed by atoms with Gasteiger partial charge in [-0.05, 0) is 38.1 Å². The summed E-state index contributed by atoms with van der Waals surface area (Å²) in [5.74, 6) is 1.84. The predicted octanol–water partition coefficient (Wildman–Crippen LogP) is 3.34. The standard InChI is InChI=1S/C15H25N3/c1-3-13-4-6-14(7-5-13)10-18-12(2)15-11-16-8-9-17-15/h8-9,11-14,18H,3-7,10H2,1-2H3. The fraction of sp³-hybridized carbons (Fsp3) is 0.733. The Hall–Kier alpha value is -0.960. The van der Waals surface area contributed by atoms with E-state index in [1.807, 2.05) is 6.20 Å². The van der Waals surface area contributed by atoms with E-state index in [0.29, 0.717) is 6.04 Å². The summed E-state index contributed by atoms with van der Waals surface area (Å²) in [6.45, 7) is 5.61. The second-order valence-electron chi connectivity index (χ2n) is 5.56. The third-order valence-corrected chi connectivity index (χ3v) is 4.28. The van der Waals surface area contributed by atoms with Crippen molar-refractivity contribution in [1.29, 1.82) is 0 Å². The van der Waals surface area contributed by atoms with Crippen LogP contribution >= 0.6 is 0 Å². The lowest BCUT2D eigenvalue weighted by atomic mass is 9.81. The fourth-order valence-corrected chi connectivity index (χ4v) is 2.83. The van der Waals surface area contributed by atoms with Crippen LogP contribution in [0.5, 0.6) is 0 Å². The highest BCUT2D eigenvalue weighted by molar-refractivity contribution is 5.00. The summed E-state index contributed by atoms with van der Waals surface area (Å²) in [4.78, 5) is 8.46. The van der Waals surface area contributed by atoms with Gasteiger partial charge in [0.2, 0.25) is 0 Å². The lowest BCUT2D eigenvalue weighted by Crippen LogP contribution is -2.28. The summed E-state index contributed by atoms with van der Waals surface area (Å²) < 4.78 is 0. The molecule has 1 atom stereocenters. The molecule has 1 N–H and O–H groups in total. The predicted molar refractivity (Wildman–Crippen MR) is 74.2 cm³/mol. The minimum atomic E-state index is 0.308. The molecule has 3 nitrogen and oxygen atoms in total. The molecule has 0 saturated heterocycles. The van der Waals surface area contributed by atoms with Gasteiger partial charge in [-0.25, -0.2) is 0 Å². The topological polar surface area (TPSA) is 37.8 Å². The van der Waals surface area contributed by atoms with Crippen LogP contribution in [0.3, 0.4) is 0 Å². The lowest BCUT2D eigenvalue weighted by molar-refractivity contribution is 0.257. The van der Waals surface area contributed by atoms with Crippen LogP contribution in [0.4, 0.5) is 0 Å². The fourth-order valence-electron chi connectivity index (χ4n) is 2.83. The molecule has 0 spiro atoms. The molecule has 1 saturated carbocycles. The van der Waals surface area contributed by atoms with Crippen LogP contribution < -0.4 is 5.32 Å². The van der Waals surface area contributed by atoms with Gasteiger partial charge in [-0.15, -0.1) is 0 Å². The van der Waals surface area contributed by atoms with Crippen molar-refractivity contribution in [2.75, 3.05) is 6.54 Å². The third-order valence-electron chi connectivity index (χ3n) is 4.28. The molecule has 0 radical (unpaired) electrons. The largest absolute Gasteiger partial charge is 0.309 e. The average Bonchev–Trinajstić information content (AvgIpc) is 2.46. The van der Waals surface area contributed by atoms with Crippen molar-refractivity contribution < 1.29 is 0 Å². The highest BCUT2D eigenvalue weighted by atomic mass is 14.9. The zero-order valence-corrected chi connectivity index (χ0v) is 11.6. The molecule has 0 bridgehead atoms. The van der Waals surface area contributed by atoms with Crippen molar-refractivity contribution in [3.05, 3.63) is 24.3 Å². The van der Waals surface area contributed by atoms with Gasteiger partial charge in [-0.2, -0.15) is 0 Å². The first-order valence-electron chi connectivity index (χ1n) is 7.29. The maximum atomic E-state index is 4.34. The summed E-state index contributed by atoms with van der Waals surface area (Å²) in [5, 5.41) is 3.60. The summed E-state index contributed by atoms with van der Waals surface area (Å²) in [6, 6.07) is 0.308. The molecule has 0 aliphatic heterocycles. The van der Waals surface area contributed by atoms with E-state index in [0.717, 1.165) is 24.1 Å². The van der Waals surface area contributed by atoms with Crippen molar-refractivity contribution in [2.45, 2.75) is 52.0 Å².